The number of para-hydroxylation sites is 1. The average molecular weight is 163 g/mol. The first-order valence-electron chi connectivity index (χ1n) is 3.64. The van der Waals surface area contributed by atoms with E-state index in [4.69, 9.17) is 10.2 Å². The van der Waals surface area contributed by atoms with Crippen LogP contribution in [0.25, 0.3) is 11.1 Å². The van der Waals surface area contributed by atoms with Gasteiger partial charge in [-0.3, -0.25) is 0 Å². The maximum absolute atomic E-state index is 5.67. The minimum Gasteiger partial charge on any atom is -0.423 e. The van der Waals surface area contributed by atoms with Crippen molar-refractivity contribution in [1.29, 1.82) is 0 Å². The molecule has 0 atom stereocenters. The number of aromatic nitrogens is 1. The minimum atomic E-state index is 0.489. The number of fused-ring (bicyclic) bond motifs is 1. The lowest BCUT2D eigenvalue weighted by Gasteiger charge is -1.89. The van der Waals surface area contributed by atoms with Gasteiger partial charge in [0.1, 0.15) is 5.52 Å². The van der Waals surface area contributed by atoms with Crippen molar-refractivity contribution in [3.63, 3.8) is 0 Å². The van der Waals surface area contributed by atoms with Gasteiger partial charge in [0.15, 0.2) is 5.58 Å². The molecule has 2 rings (SSSR count). The van der Waals surface area contributed by atoms with Crippen molar-refractivity contribution in [2.45, 2.75) is 0 Å². The van der Waals surface area contributed by atoms with Gasteiger partial charge >= 0.3 is 0 Å². The van der Waals surface area contributed by atoms with Crippen LogP contribution >= 0.6 is 0 Å². The lowest BCUT2D eigenvalue weighted by Crippen LogP contribution is -1.87. The second-order valence-electron chi connectivity index (χ2n) is 2.46. The fraction of sp³-hybridized carbons (Fsp3) is 0.125. The maximum Gasteiger partial charge on any atom is 0.295 e. The van der Waals surface area contributed by atoms with Crippen molar-refractivity contribution in [3.8, 4) is 0 Å². The summed E-state index contributed by atoms with van der Waals surface area (Å²) in [6, 6.07) is 5.95. The Morgan fingerprint density at radius 2 is 2.33 bits per heavy atom. The molecule has 0 aliphatic carbocycles. The maximum atomic E-state index is 5.67. The van der Waals surface area contributed by atoms with Gasteiger partial charge in [-0.25, -0.2) is 0 Å². The van der Waals surface area contributed by atoms with Crippen molar-refractivity contribution >= 4 is 22.8 Å². The lowest BCUT2D eigenvalue weighted by molar-refractivity contribution is 0.620. The van der Waals surface area contributed by atoms with E-state index in [0.29, 0.717) is 22.8 Å². The highest BCUT2D eigenvalue weighted by Gasteiger charge is 2.05. The van der Waals surface area contributed by atoms with Gasteiger partial charge in [0.2, 0.25) is 0 Å². The molecule has 0 radical (unpaired) electrons. The zero-order chi connectivity index (χ0) is 8.55. The first-order chi connectivity index (χ1) is 5.81. The first kappa shape index (κ1) is 6.97. The topological polar surface area (TPSA) is 64.1 Å². The molecular formula is C8H9N3O. The normalized spacial score (nSPS) is 10.4. The highest BCUT2D eigenvalue weighted by Crippen LogP contribution is 2.22. The molecule has 4 heteroatoms. The second kappa shape index (κ2) is 2.41. The Morgan fingerprint density at radius 1 is 1.50 bits per heavy atom. The summed E-state index contributed by atoms with van der Waals surface area (Å²) < 4.78 is 5.30. The van der Waals surface area contributed by atoms with Crippen LogP contribution in [0, 0.1) is 0 Å². The molecule has 0 spiro atoms. The molecule has 0 bridgehead atoms. The van der Waals surface area contributed by atoms with Crippen molar-refractivity contribution in [2.24, 2.45) is 0 Å². The highest BCUT2D eigenvalue weighted by atomic mass is 16.4. The highest BCUT2D eigenvalue weighted by molar-refractivity contribution is 5.86. The zero-order valence-corrected chi connectivity index (χ0v) is 6.66. The van der Waals surface area contributed by atoms with E-state index >= 15 is 0 Å². The molecule has 1 heterocycles. The Bertz CT molecular complexity index is 408. The van der Waals surface area contributed by atoms with Gasteiger partial charge < -0.3 is 15.5 Å². The molecule has 1 aromatic carbocycles. The molecule has 12 heavy (non-hydrogen) atoms. The van der Waals surface area contributed by atoms with Crippen LogP contribution in [-0.4, -0.2) is 12.0 Å². The fourth-order valence-electron chi connectivity index (χ4n) is 1.08. The van der Waals surface area contributed by atoms with Crippen LogP contribution in [0.2, 0.25) is 0 Å². The largest absolute Gasteiger partial charge is 0.423 e. The minimum absolute atomic E-state index is 0.489. The SMILES string of the molecule is CNc1nc2c(N)cccc2o1. The van der Waals surface area contributed by atoms with Gasteiger partial charge in [0.25, 0.3) is 6.01 Å². The number of rotatable bonds is 1. The number of hydrogen-bond donors (Lipinski definition) is 2. The average Bonchev–Trinajstić information content (AvgIpc) is 2.49. The van der Waals surface area contributed by atoms with Crippen molar-refractivity contribution < 1.29 is 4.42 Å². The Kier molecular flexibility index (Phi) is 1.40. The number of benzene rings is 1. The third-order valence-corrected chi connectivity index (χ3v) is 1.66. The predicted molar refractivity (Wildman–Crippen MR) is 48.0 cm³/mol. The standard InChI is InChI=1S/C8H9N3O/c1-10-8-11-7-5(9)3-2-4-6(7)12-8/h2-4H,9H2,1H3,(H,10,11). The molecule has 4 nitrogen and oxygen atoms in total. The summed E-state index contributed by atoms with van der Waals surface area (Å²) in [5.41, 5.74) is 7.73. The molecular weight excluding hydrogens is 154 g/mol. The zero-order valence-electron chi connectivity index (χ0n) is 6.66. The molecule has 0 saturated heterocycles. The predicted octanol–water partition coefficient (Wildman–Crippen LogP) is 1.45. The Balaban J connectivity index is 2.74. The molecule has 62 valence electrons. The van der Waals surface area contributed by atoms with Gasteiger partial charge in [-0.05, 0) is 12.1 Å². The van der Waals surface area contributed by atoms with Gasteiger partial charge in [-0.1, -0.05) is 6.07 Å². The number of nitrogens with two attached hydrogens (primary N) is 1. The van der Waals surface area contributed by atoms with Gasteiger partial charge in [0.05, 0.1) is 5.69 Å². The third-order valence-electron chi connectivity index (χ3n) is 1.66. The second-order valence-corrected chi connectivity index (χ2v) is 2.46. The monoisotopic (exact) mass is 163 g/mol. The lowest BCUT2D eigenvalue weighted by atomic mass is 10.3. The van der Waals surface area contributed by atoms with Crippen LogP contribution in [0.3, 0.4) is 0 Å². The van der Waals surface area contributed by atoms with Crippen molar-refractivity contribution in [1.82, 2.24) is 4.98 Å². The quantitative estimate of drug-likeness (QED) is 0.624. The first-order valence-corrected chi connectivity index (χ1v) is 3.64. The summed E-state index contributed by atoms with van der Waals surface area (Å²) in [5.74, 6) is 0. The van der Waals surface area contributed by atoms with E-state index in [2.05, 4.69) is 10.3 Å². The third kappa shape index (κ3) is 0.887. The summed E-state index contributed by atoms with van der Waals surface area (Å²) in [5, 5.41) is 2.81. The smallest absolute Gasteiger partial charge is 0.295 e. The molecule has 0 fully saturated rings. The molecule has 3 N–H and O–H groups in total. The van der Waals surface area contributed by atoms with Gasteiger partial charge in [-0.15, -0.1) is 0 Å². The van der Waals surface area contributed by atoms with E-state index in [1.807, 2.05) is 12.1 Å². The number of hydrogen-bond acceptors (Lipinski definition) is 4. The number of oxazole rings is 1. The number of nitrogen functional groups attached to an aromatic ring is 1. The van der Waals surface area contributed by atoms with E-state index in [1.54, 1.807) is 13.1 Å². The Hall–Kier alpha value is -1.71. The summed E-state index contributed by atoms with van der Waals surface area (Å²) in [6.07, 6.45) is 0. The summed E-state index contributed by atoms with van der Waals surface area (Å²) in [7, 11) is 1.75. The molecule has 1 aromatic heterocycles. The van der Waals surface area contributed by atoms with Crippen LogP contribution in [0.5, 0.6) is 0 Å². The molecule has 0 aliphatic rings. The molecule has 0 unspecified atom stereocenters. The van der Waals surface area contributed by atoms with Crippen LogP contribution in [0.1, 0.15) is 0 Å². The Labute approximate surface area is 69.4 Å². The van der Waals surface area contributed by atoms with Crippen molar-refractivity contribution in [2.75, 3.05) is 18.1 Å². The van der Waals surface area contributed by atoms with E-state index in [-0.39, 0.29) is 0 Å². The Morgan fingerprint density at radius 3 is 3.00 bits per heavy atom. The fourth-order valence-corrected chi connectivity index (χ4v) is 1.08. The van der Waals surface area contributed by atoms with Crippen LogP contribution in [0.4, 0.5) is 11.7 Å². The number of nitrogens with zero attached hydrogens (tertiary/aromatic N) is 1. The van der Waals surface area contributed by atoms with Crippen molar-refractivity contribution in [3.05, 3.63) is 18.2 Å². The van der Waals surface area contributed by atoms with E-state index in [9.17, 15) is 0 Å². The molecule has 0 saturated carbocycles. The van der Waals surface area contributed by atoms with E-state index in [0.717, 1.165) is 0 Å². The summed E-state index contributed by atoms with van der Waals surface area (Å²) in [4.78, 5) is 4.13. The summed E-state index contributed by atoms with van der Waals surface area (Å²) >= 11 is 0. The number of anilines is 2. The molecule has 0 amide bonds. The van der Waals surface area contributed by atoms with Gasteiger partial charge in [0, 0.05) is 7.05 Å². The number of nitrogens with one attached hydrogen (secondary N) is 1. The van der Waals surface area contributed by atoms with E-state index < -0.39 is 0 Å². The molecule has 2 aromatic rings. The van der Waals surface area contributed by atoms with E-state index in [1.165, 1.54) is 0 Å². The van der Waals surface area contributed by atoms with Crippen LogP contribution in [-0.2, 0) is 0 Å². The van der Waals surface area contributed by atoms with Gasteiger partial charge in [-0.2, -0.15) is 4.98 Å². The van der Waals surface area contributed by atoms with Crippen LogP contribution in [0.15, 0.2) is 22.6 Å². The van der Waals surface area contributed by atoms with Crippen LogP contribution < -0.4 is 11.1 Å². The molecule has 0 aliphatic heterocycles. The summed E-state index contributed by atoms with van der Waals surface area (Å²) in [6.45, 7) is 0.